The number of carbonyl (C=O) groups excluding carboxylic acids is 3. The molecule has 0 spiro atoms. The zero-order valence-electron chi connectivity index (χ0n) is 25.3. The number of fused-ring (bicyclic) bond motifs is 4. The third kappa shape index (κ3) is 9.75. The summed E-state index contributed by atoms with van der Waals surface area (Å²) in [4.78, 5) is 42.6. The molecule has 2 bridgehead atoms. The molecule has 2 atom stereocenters. The highest BCUT2D eigenvalue weighted by Crippen LogP contribution is 2.33. The molecule has 41 heavy (non-hydrogen) atoms. The van der Waals surface area contributed by atoms with Gasteiger partial charge < -0.3 is 29.4 Å². The summed E-state index contributed by atoms with van der Waals surface area (Å²) in [6.07, 6.45) is 4.68. The average molecular weight is 586 g/mol. The molecule has 0 aliphatic carbocycles. The van der Waals surface area contributed by atoms with E-state index in [1.807, 2.05) is 16.8 Å². The fraction of sp³-hybridized carbons (Fsp3) is 0.517. The Bertz CT molecular complexity index is 1280. The molecule has 12 heteroatoms. The van der Waals surface area contributed by atoms with E-state index >= 15 is 0 Å². The number of nitrogens with zero attached hydrogens (tertiary/aromatic N) is 2. The van der Waals surface area contributed by atoms with Crippen molar-refractivity contribution in [2.45, 2.75) is 78.2 Å². The van der Waals surface area contributed by atoms with Crippen LogP contribution >= 0.6 is 0 Å². The monoisotopic (exact) mass is 585 g/mol. The molecule has 2 heterocycles. The number of benzene rings is 1. The molecule has 0 fully saturated rings. The summed E-state index contributed by atoms with van der Waals surface area (Å²) in [5, 5.41) is 8.56. The van der Waals surface area contributed by atoms with Gasteiger partial charge >= 0.3 is 12.2 Å². The van der Waals surface area contributed by atoms with E-state index in [9.17, 15) is 14.4 Å². The van der Waals surface area contributed by atoms with Gasteiger partial charge in [-0.3, -0.25) is 10.1 Å². The van der Waals surface area contributed by atoms with Gasteiger partial charge in [0.15, 0.2) is 0 Å². The molecule has 0 unspecified atom stereocenters. The van der Waals surface area contributed by atoms with Crippen LogP contribution in [0, 0.1) is 5.92 Å². The molecule has 0 saturated carbocycles. The van der Waals surface area contributed by atoms with Crippen LogP contribution in [0.3, 0.4) is 0 Å². The number of amides is 3. The van der Waals surface area contributed by atoms with E-state index in [1.54, 1.807) is 52.0 Å². The minimum atomic E-state index is -1.29. The molecule has 1 aliphatic heterocycles. The number of hydrogen-bond donors (Lipinski definition) is 3. The molecule has 3 rings (SSSR count). The molecular formula is C29H43N5O6Si. The fourth-order valence-corrected chi connectivity index (χ4v) is 4.79. The lowest BCUT2D eigenvalue weighted by molar-refractivity contribution is -0.118. The molecule has 2 aromatic rings. The average Bonchev–Trinajstić information content (AvgIpc) is 3.27. The van der Waals surface area contributed by atoms with Crippen molar-refractivity contribution in [3.63, 3.8) is 0 Å². The fourth-order valence-electron chi connectivity index (χ4n) is 4.03. The van der Waals surface area contributed by atoms with Crippen molar-refractivity contribution in [2.75, 3.05) is 24.4 Å². The van der Waals surface area contributed by atoms with Gasteiger partial charge in [0.1, 0.15) is 18.2 Å². The first-order valence-electron chi connectivity index (χ1n) is 13.8. The Balaban J connectivity index is 2.08. The van der Waals surface area contributed by atoms with Crippen LogP contribution in [0.5, 0.6) is 0 Å². The summed E-state index contributed by atoms with van der Waals surface area (Å²) in [5.41, 5.74) is 1.46. The molecule has 11 nitrogen and oxygen atoms in total. The second-order valence-corrected chi connectivity index (χ2v) is 17.9. The Morgan fingerprint density at radius 1 is 1.20 bits per heavy atom. The Labute approximate surface area is 243 Å². The van der Waals surface area contributed by atoms with Gasteiger partial charge in [-0.05, 0) is 51.4 Å². The molecule has 3 N–H and O–H groups in total. The molecule has 3 amide bonds. The summed E-state index contributed by atoms with van der Waals surface area (Å²) in [7, 11) is -0.0125. The number of ether oxygens (including phenoxy) is 3. The Kier molecular flexibility index (Phi) is 10.4. The zero-order chi connectivity index (χ0) is 30.4. The standard InChI is InChI=1S/C29H43N5O6Si/c1-19-10-9-11-22(33-28(37)40-29(2,3)4)25-31-24(17-34(25)18-39-14-15-41(6,7)8)21-13-12-20(30-27(36)38-5)16-23(21)32-26(19)35/h9-10,12-13,16-17,19,22H,11,14-15,18H2,1-8H3,(H,30,36)(H,32,35)(H,33,37)/b10-9+/t19-,22+/m1/s1. The van der Waals surface area contributed by atoms with Gasteiger partial charge in [-0.1, -0.05) is 38.7 Å². The number of alkyl carbamates (subject to hydrolysis) is 1. The predicted molar refractivity (Wildman–Crippen MR) is 161 cm³/mol. The second kappa shape index (κ2) is 13.3. The summed E-state index contributed by atoms with van der Waals surface area (Å²) in [6, 6.07) is 5.60. The SMILES string of the molecule is COC(=O)Nc1ccc2c(c1)NC(=O)[C@H](C)/C=C/C[C@H](NC(=O)OC(C)(C)C)c1nc-2cn1COCC[Si](C)(C)C. The first-order valence-corrected chi connectivity index (χ1v) is 17.5. The van der Waals surface area contributed by atoms with Gasteiger partial charge in [0.2, 0.25) is 5.91 Å². The molecule has 1 aromatic heterocycles. The van der Waals surface area contributed by atoms with Gasteiger partial charge in [-0.2, -0.15) is 0 Å². The highest BCUT2D eigenvalue weighted by atomic mass is 28.3. The number of aromatic nitrogens is 2. The van der Waals surface area contributed by atoms with Gasteiger partial charge in [0.25, 0.3) is 0 Å². The van der Waals surface area contributed by atoms with Crippen molar-refractivity contribution in [3.8, 4) is 11.3 Å². The van der Waals surface area contributed by atoms with Crippen molar-refractivity contribution in [1.82, 2.24) is 14.9 Å². The molecule has 1 aromatic carbocycles. The summed E-state index contributed by atoms with van der Waals surface area (Å²) < 4.78 is 18.2. The minimum Gasteiger partial charge on any atom is -0.453 e. The van der Waals surface area contributed by atoms with E-state index in [0.29, 0.717) is 41.5 Å². The Morgan fingerprint density at radius 3 is 2.59 bits per heavy atom. The number of methoxy groups -OCH3 is 1. The third-order valence-corrected chi connectivity index (χ3v) is 7.94. The van der Waals surface area contributed by atoms with Gasteiger partial charge in [-0.25, -0.2) is 14.6 Å². The highest BCUT2D eigenvalue weighted by Gasteiger charge is 2.26. The van der Waals surface area contributed by atoms with Crippen LogP contribution in [-0.4, -0.2) is 55.0 Å². The quantitative estimate of drug-likeness (QED) is 0.202. The van der Waals surface area contributed by atoms with E-state index in [-0.39, 0.29) is 12.6 Å². The molecule has 224 valence electrons. The van der Waals surface area contributed by atoms with E-state index in [1.165, 1.54) is 7.11 Å². The lowest BCUT2D eigenvalue weighted by Crippen LogP contribution is -2.36. The maximum Gasteiger partial charge on any atom is 0.411 e. The smallest absolute Gasteiger partial charge is 0.411 e. The maximum absolute atomic E-state index is 13.1. The number of imidazole rings is 1. The zero-order valence-corrected chi connectivity index (χ0v) is 26.3. The molecule has 0 saturated heterocycles. The normalized spacial score (nSPS) is 18.2. The van der Waals surface area contributed by atoms with Crippen LogP contribution < -0.4 is 16.0 Å². The van der Waals surface area contributed by atoms with Crippen molar-refractivity contribution in [3.05, 3.63) is 42.4 Å². The van der Waals surface area contributed by atoms with Gasteiger partial charge in [0, 0.05) is 32.1 Å². The minimum absolute atomic E-state index is 0.232. The molecule has 0 radical (unpaired) electrons. The predicted octanol–water partition coefficient (Wildman–Crippen LogP) is 6.14. The lowest BCUT2D eigenvalue weighted by atomic mass is 10.1. The van der Waals surface area contributed by atoms with Crippen LogP contribution in [0.2, 0.25) is 25.7 Å². The van der Waals surface area contributed by atoms with Crippen LogP contribution in [0.25, 0.3) is 11.3 Å². The number of carbonyl (C=O) groups is 3. The van der Waals surface area contributed by atoms with Crippen molar-refractivity contribution < 1.29 is 28.6 Å². The Morgan fingerprint density at radius 2 is 1.93 bits per heavy atom. The van der Waals surface area contributed by atoms with Crippen LogP contribution in [-0.2, 0) is 25.7 Å². The summed E-state index contributed by atoms with van der Waals surface area (Å²) in [5.74, 6) is -0.105. The first-order chi connectivity index (χ1) is 19.1. The largest absolute Gasteiger partial charge is 0.453 e. The van der Waals surface area contributed by atoms with Crippen molar-refractivity contribution >= 4 is 37.5 Å². The van der Waals surface area contributed by atoms with E-state index in [4.69, 9.17) is 19.2 Å². The number of anilines is 2. The first kappa shape index (κ1) is 31.9. The number of nitrogens with one attached hydrogen (secondary N) is 3. The van der Waals surface area contributed by atoms with Gasteiger partial charge in [-0.15, -0.1) is 0 Å². The van der Waals surface area contributed by atoms with Crippen LogP contribution in [0.15, 0.2) is 36.5 Å². The van der Waals surface area contributed by atoms with Gasteiger partial charge in [0.05, 0.1) is 30.5 Å². The summed E-state index contributed by atoms with van der Waals surface area (Å²) >= 11 is 0. The third-order valence-electron chi connectivity index (χ3n) is 6.23. The topological polar surface area (TPSA) is 133 Å². The molecule has 1 aliphatic rings. The number of hydrogen-bond acceptors (Lipinski definition) is 7. The second-order valence-electron chi connectivity index (χ2n) is 12.3. The van der Waals surface area contributed by atoms with Crippen LogP contribution in [0.4, 0.5) is 21.0 Å². The summed E-state index contributed by atoms with van der Waals surface area (Å²) in [6.45, 7) is 14.9. The van der Waals surface area contributed by atoms with E-state index in [0.717, 1.165) is 6.04 Å². The van der Waals surface area contributed by atoms with E-state index in [2.05, 4.69) is 35.6 Å². The molecular weight excluding hydrogens is 542 g/mol. The lowest BCUT2D eigenvalue weighted by Gasteiger charge is -2.24. The number of rotatable bonds is 7. The highest BCUT2D eigenvalue weighted by molar-refractivity contribution is 6.76. The van der Waals surface area contributed by atoms with Crippen molar-refractivity contribution in [2.24, 2.45) is 5.92 Å². The van der Waals surface area contributed by atoms with Crippen molar-refractivity contribution in [1.29, 1.82) is 0 Å². The van der Waals surface area contributed by atoms with Crippen LogP contribution in [0.1, 0.15) is 46.0 Å². The Hall–Kier alpha value is -3.64. The van der Waals surface area contributed by atoms with E-state index < -0.39 is 37.8 Å². The maximum atomic E-state index is 13.1.